The highest BCUT2D eigenvalue weighted by Gasteiger charge is 2.15. The Hall–Kier alpha value is -3.40. The SMILES string of the molecule is CCn1c2ccc(C[C]=NO)cc2c2cc(C(=O)c3ccccc3C)ccc21. The molecule has 4 rings (SSSR count). The van der Waals surface area contributed by atoms with Crippen LogP contribution in [-0.2, 0) is 13.0 Å². The first kappa shape index (κ1) is 18.0. The largest absolute Gasteiger partial charge is 0.411 e. The molecule has 3 aromatic carbocycles. The average Bonchev–Trinajstić information content (AvgIpc) is 3.04. The molecule has 1 radical (unpaired) electrons. The maximum absolute atomic E-state index is 13.1. The van der Waals surface area contributed by atoms with Crippen LogP contribution in [0.5, 0.6) is 0 Å². The Morgan fingerprint density at radius 1 is 1.04 bits per heavy atom. The number of carbonyl (C=O) groups excluding carboxylic acids is 1. The van der Waals surface area contributed by atoms with E-state index in [0.717, 1.165) is 45.0 Å². The summed E-state index contributed by atoms with van der Waals surface area (Å²) in [6, 6.07) is 19.8. The summed E-state index contributed by atoms with van der Waals surface area (Å²) >= 11 is 0. The lowest BCUT2D eigenvalue weighted by molar-refractivity contribution is 0.103. The number of nitrogens with zero attached hydrogens (tertiary/aromatic N) is 2. The van der Waals surface area contributed by atoms with Gasteiger partial charge in [-0.05, 0) is 55.3 Å². The van der Waals surface area contributed by atoms with Crippen molar-refractivity contribution in [1.29, 1.82) is 0 Å². The summed E-state index contributed by atoms with van der Waals surface area (Å²) in [5, 5.41) is 13.8. The average molecular weight is 369 g/mol. The zero-order valence-electron chi connectivity index (χ0n) is 15.9. The molecule has 0 saturated heterocycles. The van der Waals surface area contributed by atoms with E-state index in [1.165, 1.54) is 0 Å². The van der Waals surface area contributed by atoms with Crippen LogP contribution in [0.2, 0.25) is 0 Å². The minimum Gasteiger partial charge on any atom is -0.411 e. The van der Waals surface area contributed by atoms with Crippen molar-refractivity contribution in [3.63, 3.8) is 0 Å². The molecular formula is C24H21N2O2. The van der Waals surface area contributed by atoms with Gasteiger partial charge < -0.3 is 9.77 Å². The smallest absolute Gasteiger partial charge is 0.193 e. The molecule has 4 nitrogen and oxygen atoms in total. The van der Waals surface area contributed by atoms with Crippen molar-refractivity contribution in [3.05, 3.63) is 82.9 Å². The van der Waals surface area contributed by atoms with Crippen molar-refractivity contribution < 1.29 is 10.0 Å². The van der Waals surface area contributed by atoms with Gasteiger partial charge in [0.05, 0.1) is 0 Å². The van der Waals surface area contributed by atoms with E-state index in [0.29, 0.717) is 12.0 Å². The van der Waals surface area contributed by atoms with Crippen molar-refractivity contribution in [1.82, 2.24) is 4.57 Å². The zero-order valence-corrected chi connectivity index (χ0v) is 15.9. The van der Waals surface area contributed by atoms with Gasteiger partial charge in [-0.15, -0.1) is 0 Å². The molecule has 0 spiro atoms. The number of ketones is 1. The molecule has 0 aliphatic heterocycles. The Kier molecular flexibility index (Phi) is 4.70. The quantitative estimate of drug-likeness (QED) is 0.227. The summed E-state index contributed by atoms with van der Waals surface area (Å²) in [4.78, 5) is 13.1. The topological polar surface area (TPSA) is 54.6 Å². The number of fused-ring (bicyclic) bond motifs is 3. The van der Waals surface area contributed by atoms with Gasteiger partial charge in [0.15, 0.2) is 5.78 Å². The number of carbonyl (C=O) groups is 1. The van der Waals surface area contributed by atoms with Crippen molar-refractivity contribution in [2.24, 2.45) is 5.16 Å². The van der Waals surface area contributed by atoms with Crippen LogP contribution >= 0.6 is 0 Å². The molecular weight excluding hydrogens is 348 g/mol. The van der Waals surface area contributed by atoms with E-state index >= 15 is 0 Å². The Balaban J connectivity index is 1.91. The molecule has 139 valence electrons. The normalized spacial score (nSPS) is 11.6. The molecule has 0 aliphatic rings. The molecule has 0 saturated carbocycles. The minimum atomic E-state index is 0.0364. The number of hydrogen-bond acceptors (Lipinski definition) is 3. The summed E-state index contributed by atoms with van der Waals surface area (Å²) in [5.74, 6) is 0.0364. The number of benzene rings is 3. The Labute approximate surface area is 163 Å². The van der Waals surface area contributed by atoms with Crippen LogP contribution in [0.25, 0.3) is 21.8 Å². The van der Waals surface area contributed by atoms with Crippen molar-refractivity contribution >= 4 is 33.8 Å². The van der Waals surface area contributed by atoms with Gasteiger partial charge in [-0.25, -0.2) is 0 Å². The molecule has 1 heterocycles. The maximum Gasteiger partial charge on any atom is 0.193 e. The molecule has 0 bridgehead atoms. The number of aryl methyl sites for hydroxylation is 2. The first-order chi connectivity index (χ1) is 13.6. The zero-order chi connectivity index (χ0) is 19.7. The molecule has 4 aromatic rings. The Bertz CT molecular complexity index is 1220. The molecule has 28 heavy (non-hydrogen) atoms. The fourth-order valence-corrected chi connectivity index (χ4v) is 3.85. The van der Waals surface area contributed by atoms with E-state index < -0.39 is 0 Å². The van der Waals surface area contributed by atoms with Gasteiger partial charge in [0.2, 0.25) is 0 Å². The first-order valence-corrected chi connectivity index (χ1v) is 9.36. The molecule has 0 fully saturated rings. The van der Waals surface area contributed by atoms with Gasteiger partial charge in [-0.2, -0.15) is 0 Å². The highest BCUT2D eigenvalue weighted by atomic mass is 16.4. The fraction of sp³-hybridized carbons (Fsp3) is 0.167. The molecule has 4 heteroatoms. The molecule has 0 aliphatic carbocycles. The standard InChI is InChI=1S/C24H21N2O2/c1-3-26-22-10-8-17(12-13-25-28)14-20(22)21-15-18(9-11-23(21)26)24(27)19-7-5-4-6-16(19)2/h4-11,14-15,28H,3,12H2,1-2H3. The summed E-state index contributed by atoms with van der Waals surface area (Å²) < 4.78 is 2.25. The van der Waals surface area contributed by atoms with Gasteiger partial charge in [-0.1, -0.05) is 35.5 Å². The summed E-state index contributed by atoms with van der Waals surface area (Å²) in [5.41, 5.74) is 5.64. The molecule has 0 unspecified atom stereocenters. The van der Waals surface area contributed by atoms with Crippen LogP contribution in [0.1, 0.15) is 34.0 Å². The van der Waals surface area contributed by atoms with E-state index in [4.69, 9.17) is 5.21 Å². The second kappa shape index (κ2) is 7.31. The van der Waals surface area contributed by atoms with Gasteiger partial charge in [0.1, 0.15) is 6.21 Å². The molecule has 1 N–H and O–H groups in total. The van der Waals surface area contributed by atoms with E-state index in [1.54, 1.807) is 0 Å². The van der Waals surface area contributed by atoms with Gasteiger partial charge in [0, 0.05) is 45.9 Å². The third-order valence-corrected chi connectivity index (χ3v) is 5.25. The van der Waals surface area contributed by atoms with Gasteiger partial charge in [0.25, 0.3) is 0 Å². The summed E-state index contributed by atoms with van der Waals surface area (Å²) in [7, 11) is 0. The third kappa shape index (κ3) is 2.97. The third-order valence-electron chi connectivity index (χ3n) is 5.25. The summed E-state index contributed by atoms with van der Waals surface area (Å²) in [6.45, 7) is 4.92. The monoisotopic (exact) mass is 369 g/mol. The number of rotatable bonds is 5. The number of hydrogen-bond donors (Lipinski definition) is 1. The molecule has 1 aromatic heterocycles. The van der Waals surface area contributed by atoms with Crippen LogP contribution in [0.4, 0.5) is 0 Å². The molecule has 0 amide bonds. The van der Waals surface area contributed by atoms with Gasteiger partial charge >= 0.3 is 0 Å². The number of aromatic nitrogens is 1. The van der Waals surface area contributed by atoms with Crippen molar-refractivity contribution in [2.45, 2.75) is 26.8 Å². The van der Waals surface area contributed by atoms with Crippen molar-refractivity contribution in [3.8, 4) is 0 Å². The first-order valence-electron chi connectivity index (χ1n) is 9.36. The van der Waals surface area contributed by atoms with Crippen LogP contribution in [-0.4, -0.2) is 21.8 Å². The lowest BCUT2D eigenvalue weighted by Crippen LogP contribution is -2.03. The Morgan fingerprint density at radius 3 is 2.46 bits per heavy atom. The highest BCUT2D eigenvalue weighted by molar-refractivity contribution is 6.15. The predicted octanol–water partition coefficient (Wildman–Crippen LogP) is 5.23. The van der Waals surface area contributed by atoms with E-state index in [2.05, 4.69) is 35.0 Å². The van der Waals surface area contributed by atoms with E-state index in [1.807, 2.05) is 55.5 Å². The van der Waals surface area contributed by atoms with Gasteiger partial charge in [-0.3, -0.25) is 4.79 Å². The van der Waals surface area contributed by atoms with E-state index in [-0.39, 0.29) is 5.78 Å². The van der Waals surface area contributed by atoms with Crippen LogP contribution in [0.3, 0.4) is 0 Å². The predicted molar refractivity (Wildman–Crippen MR) is 113 cm³/mol. The van der Waals surface area contributed by atoms with Crippen molar-refractivity contribution in [2.75, 3.05) is 0 Å². The maximum atomic E-state index is 13.1. The molecule has 0 atom stereocenters. The fourth-order valence-electron chi connectivity index (χ4n) is 3.85. The highest BCUT2D eigenvalue weighted by Crippen LogP contribution is 2.31. The minimum absolute atomic E-state index is 0.0364. The second-order valence-corrected chi connectivity index (χ2v) is 6.91. The summed E-state index contributed by atoms with van der Waals surface area (Å²) in [6.07, 6.45) is 3.01. The van der Waals surface area contributed by atoms with Crippen LogP contribution < -0.4 is 0 Å². The van der Waals surface area contributed by atoms with Crippen LogP contribution in [0, 0.1) is 6.92 Å². The Morgan fingerprint density at radius 2 is 1.75 bits per heavy atom. The second-order valence-electron chi connectivity index (χ2n) is 6.91. The van der Waals surface area contributed by atoms with E-state index in [9.17, 15) is 4.79 Å². The lowest BCUT2D eigenvalue weighted by Gasteiger charge is -2.06. The van der Waals surface area contributed by atoms with Crippen LogP contribution in [0.15, 0.2) is 65.8 Å². The lowest BCUT2D eigenvalue weighted by atomic mass is 9.97.